The number of anilines is 1. The van der Waals surface area contributed by atoms with Crippen LogP contribution in [0.2, 0.25) is 0 Å². The van der Waals surface area contributed by atoms with Gasteiger partial charge in [0.1, 0.15) is 0 Å². The number of carbonyl (C=O) groups is 1. The summed E-state index contributed by atoms with van der Waals surface area (Å²) in [5.41, 5.74) is 2.05. The number of piperazine rings is 1. The molecule has 0 radical (unpaired) electrons. The fourth-order valence-electron chi connectivity index (χ4n) is 3.08. The standard InChI is InChI=1S/C16H24N4O/c1-13-3-2-4-14(9-13)18-16(21)12-19-10-15(11-19)20-7-5-17-6-8-20/h2-4,9,15,17H,5-8,10-12H2,1H3,(H,18,21). The Bertz CT molecular complexity index is 493. The van der Waals surface area contributed by atoms with E-state index in [9.17, 15) is 4.79 Å². The van der Waals surface area contributed by atoms with Crippen molar-refractivity contribution in [3.8, 4) is 0 Å². The number of carbonyl (C=O) groups excluding carboxylic acids is 1. The highest BCUT2D eigenvalue weighted by Crippen LogP contribution is 2.16. The maximum atomic E-state index is 12.0. The number of hydrogen-bond donors (Lipinski definition) is 2. The Morgan fingerprint density at radius 3 is 2.81 bits per heavy atom. The minimum absolute atomic E-state index is 0.0827. The third-order valence-corrected chi connectivity index (χ3v) is 4.27. The van der Waals surface area contributed by atoms with Gasteiger partial charge < -0.3 is 10.6 Å². The SMILES string of the molecule is Cc1cccc(NC(=O)CN2CC(N3CCNCC3)C2)c1. The van der Waals surface area contributed by atoms with Gasteiger partial charge in [-0.25, -0.2) is 0 Å². The van der Waals surface area contributed by atoms with Gasteiger partial charge in [-0.2, -0.15) is 0 Å². The minimum atomic E-state index is 0.0827. The van der Waals surface area contributed by atoms with Crippen LogP contribution in [0.5, 0.6) is 0 Å². The van der Waals surface area contributed by atoms with E-state index in [-0.39, 0.29) is 5.91 Å². The Morgan fingerprint density at radius 2 is 2.10 bits per heavy atom. The van der Waals surface area contributed by atoms with Gasteiger partial charge in [-0.05, 0) is 24.6 Å². The van der Waals surface area contributed by atoms with Crippen molar-refractivity contribution in [1.29, 1.82) is 0 Å². The van der Waals surface area contributed by atoms with E-state index in [2.05, 4.69) is 20.4 Å². The van der Waals surface area contributed by atoms with Gasteiger partial charge in [0, 0.05) is 51.0 Å². The Labute approximate surface area is 126 Å². The third-order valence-electron chi connectivity index (χ3n) is 4.27. The molecule has 0 bridgehead atoms. The molecule has 1 amide bonds. The molecule has 5 heteroatoms. The lowest BCUT2D eigenvalue weighted by Crippen LogP contribution is -2.63. The molecule has 1 aromatic carbocycles. The normalized spacial score (nSPS) is 21.0. The number of rotatable bonds is 4. The number of benzene rings is 1. The highest BCUT2D eigenvalue weighted by atomic mass is 16.2. The first-order valence-electron chi connectivity index (χ1n) is 7.74. The van der Waals surface area contributed by atoms with E-state index in [0.717, 1.165) is 50.5 Å². The van der Waals surface area contributed by atoms with Crippen LogP contribution in [0.4, 0.5) is 5.69 Å². The molecule has 2 saturated heterocycles. The zero-order valence-electron chi connectivity index (χ0n) is 12.6. The monoisotopic (exact) mass is 288 g/mol. The molecule has 0 spiro atoms. The number of nitrogens with one attached hydrogen (secondary N) is 2. The fraction of sp³-hybridized carbons (Fsp3) is 0.562. The van der Waals surface area contributed by atoms with Gasteiger partial charge >= 0.3 is 0 Å². The Balaban J connectivity index is 1.40. The number of aryl methyl sites for hydroxylation is 1. The van der Waals surface area contributed by atoms with E-state index in [1.54, 1.807) is 0 Å². The van der Waals surface area contributed by atoms with Crippen molar-refractivity contribution in [2.45, 2.75) is 13.0 Å². The average molecular weight is 288 g/mol. The van der Waals surface area contributed by atoms with Crippen LogP contribution in [0.1, 0.15) is 5.56 Å². The van der Waals surface area contributed by atoms with Gasteiger partial charge in [0.05, 0.1) is 6.54 Å². The second-order valence-electron chi connectivity index (χ2n) is 6.05. The highest BCUT2D eigenvalue weighted by molar-refractivity contribution is 5.92. The molecule has 3 rings (SSSR count). The number of amides is 1. The van der Waals surface area contributed by atoms with Gasteiger partial charge in [-0.1, -0.05) is 12.1 Å². The molecule has 0 aliphatic carbocycles. The van der Waals surface area contributed by atoms with Crippen LogP contribution in [0.3, 0.4) is 0 Å². The minimum Gasteiger partial charge on any atom is -0.325 e. The molecule has 2 heterocycles. The molecule has 21 heavy (non-hydrogen) atoms. The van der Waals surface area contributed by atoms with Crippen LogP contribution in [-0.4, -0.2) is 67.6 Å². The predicted octanol–water partition coefficient (Wildman–Crippen LogP) is 0.523. The first-order valence-corrected chi connectivity index (χ1v) is 7.74. The summed E-state index contributed by atoms with van der Waals surface area (Å²) in [6.07, 6.45) is 0. The van der Waals surface area contributed by atoms with E-state index in [1.807, 2.05) is 31.2 Å². The van der Waals surface area contributed by atoms with Gasteiger partial charge in [0.25, 0.3) is 0 Å². The molecular formula is C16H24N4O. The average Bonchev–Trinajstić information content (AvgIpc) is 2.43. The zero-order valence-corrected chi connectivity index (χ0v) is 12.6. The van der Waals surface area contributed by atoms with Gasteiger partial charge in [-0.15, -0.1) is 0 Å². The fourth-order valence-corrected chi connectivity index (χ4v) is 3.08. The van der Waals surface area contributed by atoms with Crippen LogP contribution < -0.4 is 10.6 Å². The molecule has 0 saturated carbocycles. The lowest BCUT2D eigenvalue weighted by atomic mass is 10.1. The molecule has 2 aliphatic heterocycles. The second kappa shape index (κ2) is 6.56. The van der Waals surface area contributed by atoms with Crippen LogP contribution in [0.15, 0.2) is 24.3 Å². The van der Waals surface area contributed by atoms with E-state index in [0.29, 0.717) is 12.6 Å². The van der Waals surface area contributed by atoms with Gasteiger partial charge in [-0.3, -0.25) is 14.6 Å². The van der Waals surface area contributed by atoms with Gasteiger partial charge in [0.15, 0.2) is 0 Å². The number of likely N-dealkylation sites (tertiary alicyclic amines) is 1. The molecule has 1 aromatic rings. The predicted molar refractivity (Wildman–Crippen MR) is 84.5 cm³/mol. The van der Waals surface area contributed by atoms with Crippen molar-refractivity contribution < 1.29 is 4.79 Å². The van der Waals surface area contributed by atoms with E-state index >= 15 is 0 Å². The lowest BCUT2D eigenvalue weighted by Gasteiger charge is -2.46. The van der Waals surface area contributed by atoms with Crippen molar-refractivity contribution in [2.24, 2.45) is 0 Å². The molecule has 5 nitrogen and oxygen atoms in total. The van der Waals surface area contributed by atoms with Crippen molar-refractivity contribution in [3.63, 3.8) is 0 Å². The summed E-state index contributed by atoms with van der Waals surface area (Å²) < 4.78 is 0. The van der Waals surface area contributed by atoms with Crippen molar-refractivity contribution in [3.05, 3.63) is 29.8 Å². The largest absolute Gasteiger partial charge is 0.325 e. The summed E-state index contributed by atoms with van der Waals surface area (Å²) in [6, 6.07) is 8.57. The van der Waals surface area contributed by atoms with Crippen molar-refractivity contribution in [2.75, 3.05) is 51.1 Å². The van der Waals surface area contributed by atoms with Crippen molar-refractivity contribution in [1.82, 2.24) is 15.1 Å². The Kier molecular flexibility index (Phi) is 4.53. The van der Waals surface area contributed by atoms with Crippen LogP contribution in [0, 0.1) is 6.92 Å². The quantitative estimate of drug-likeness (QED) is 0.848. The first kappa shape index (κ1) is 14.5. The lowest BCUT2D eigenvalue weighted by molar-refractivity contribution is -0.119. The molecule has 2 fully saturated rings. The molecule has 2 aliphatic rings. The summed E-state index contributed by atoms with van der Waals surface area (Å²) in [7, 11) is 0. The van der Waals surface area contributed by atoms with Crippen LogP contribution in [-0.2, 0) is 4.79 Å². The number of nitrogens with zero attached hydrogens (tertiary/aromatic N) is 2. The molecule has 0 aromatic heterocycles. The second-order valence-corrected chi connectivity index (χ2v) is 6.05. The van der Waals surface area contributed by atoms with E-state index < -0.39 is 0 Å². The van der Waals surface area contributed by atoms with Gasteiger partial charge in [0.2, 0.25) is 5.91 Å². The maximum absolute atomic E-state index is 12.0. The molecule has 0 unspecified atom stereocenters. The van der Waals surface area contributed by atoms with Crippen LogP contribution in [0.25, 0.3) is 0 Å². The summed E-state index contributed by atoms with van der Waals surface area (Å²) in [5.74, 6) is 0.0827. The smallest absolute Gasteiger partial charge is 0.238 e. The topological polar surface area (TPSA) is 47.6 Å². The van der Waals surface area contributed by atoms with E-state index in [4.69, 9.17) is 0 Å². The summed E-state index contributed by atoms with van der Waals surface area (Å²) >= 11 is 0. The summed E-state index contributed by atoms with van der Waals surface area (Å²) in [4.78, 5) is 16.8. The maximum Gasteiger partial charge on any atom is 0.238 e. The molecular weight excluding hydrogens is 264 g/mol. The highest BCUT2D eigenvalue weighted by Gasteiger charge is 2.32. The molecule has 114 valence electrons. The summed E-state index contributed by atoms with van der Waals surface area (Å²) in [5, 5.41) is 6.35. The third kappa shape index (κ3) is 3.81. The Morgan fingerprint density at radius 1 is 1.33 bits per heavy atom. The number of hydrogen-bond acceptors (Lipinski definition) is 4. The van der Waals surface area contributed by atoms with Crippen LogP contribution >= 0.6 is 0 Å². The molecule has 2 N–H and O–H groups in total. The van der Waals surface area contributed by atoms with Crippen molar-refractivity contribution >= 4 is 11.6 Å². The zero-order chi connectivity index (χ0) is 14.7. The Hall–Kier alpha value is -1.43. The first-order chi connectivity index (χ1) is 10.2. The van der Waals surface area contributed by atoms with E-state index in [1.165, 1.54) is 0 Å². The summed E-state index contributed by atoms with van der Waals surface area (Å²) in [6.45, 7) is 9.00. The molecule has 0 atom stereocenters.